The Kier molecular flexibility index (Phi) is 4.20. The van der Waals surface area contributed by atoms with Crippen molar-refractivity contribution in [2.24, 2.45) is 0 Å². The molecule has 0 bridgehead atoms. The molecule has 0 aliphatic heterocycles. The van der Waals surface area contributed by atoms with Gasteiger partial charge in [-0.1, -0.05) is 12.1 Å². The van der Waals surface area contributed by atoms with Crippen molar-refractivity contribution < 1.29 is 9.72 Å². The number of hydrogen-bond acceptors (Lipinski definition) is 3. The van der Waals surface area contributed by atoms with Gasteiger partial charge in [0.2, 0.25) is 5.91 Å². The third kappa shape index (κ3) is 4.78. The number of carbonyl (C=O) groups excluding carboxylic acids is 1. The van der Waals surface area contributed by atoms with Crippen LogP contribution in [0.25, 0.3) is 6.08 Å². The molecular formula is C13H16N2O3. The maximum absolute atomic E-state index is 11.5. The quantitative estimate of drug-likeness (QED) is 0.507. The second kappa shape index (κ2) is 5.44. The summed E-state index contributed by atoms with van der Waals surface area (Å²) in [6, 6.07) is 6.11. The van der Waals surface area contributed by atoms with Crippen molar-refractivity contribution in [2.75, 3.05) is 0 Å². The predicted molar refractivity (Wildman–Crippen MR) is 70.0 cm³/mol. The topological polar surface area (TPSA) is 72.2 Å². The van der Waals surface area contributed by atoms with Gasteiger partial charge in [0.05, 0.1) is 4.92 Å². The molecule has 0 unspecified atom stereocenters. The molecule has 0 aromatic heterocycles. The van der Waals surface area contributed by atoms with E-state index in [0.29, 0.717) is 5.56 Å². The maximum Gasteiger partial charge on any atom is 0.270 e. The molecule has 0 atom stereocenters. The van der Waals surface area contributed by atoms with Gasteiger partial charge in [0.25, 0.3) is 5.69 Å². The number of benzene rings is 1. The molecule has 0 spiro atoms. The highest BCUT2D eigenvalue weighted by Gasteiger charge is 2.11. The Morgan fingerprint density at radius 3 is 2.61 bits per heavy atom. The lowest BCUT2D eigenvalue weighted by molar-refractivity contribution is -0.384. The zero-order chi connectivity index (χ0) is 13.8. The molecular weight excluding hydrogens is 232 g/mol. The lowest BCUT2D eigenvalue weighted by atomic mass is 10.1. The summed E-state index contributed by atoms with van der Waals surface area (Å²) < 4.78 is 0. The highest BCUT2D eigenvalue weighted by Crippen LogP contribution is 2.14. The van der Waals surface area contributed by atoms with Gasteiger partial charge in [-0.2, -0.15) is 0 Å². The summed E-state index contributed by atoms with van der Waals surface area (Å²) in [6.45, 7) is 5.64. The molecule has 0 saturated heterocycles. The molecule has 5 nitrogen and oxygen atoms in total. The molecule has 1 aromatic carbocycles. The maximum atomic E-state index is 11.5. The Balaban J connectivity index is 2.76. The van der Waals surface area contributed by atoms with E-state index in [4.69, 9.17) is 0 Å². The standard InChI is InChI=1S/C13H16N2O3/c1-13(2,3)14-12(16)8-7-10-5-4-6-11(9-10)15(17)18/h4-9H,1-3H3,(H,14,16)/b8-7-. The molecule has 1 N–H and O–H groups in total. The van der Waals surface area contributed by atoms with Crippen molar-refractivity contribution in [3.8, 4) is 0 Å². The first-order valence-corrected chi connectivity index (χ1v) is 5.52. The Bertz CT molecular complexity index is 487. The minimum absolute atomic E-state index is 0.00776. The van der Waals surface area contributed by atoms with Crippen LogP contribution in [0.1, 0.15) is 26.3 Å². The summed E-state index contributed by atoms with van der Waals surface area (Å²) in [5, 5.41) is 13.3. The van der Waals surface area contributed by atoms with Crippen LogP contribution in [0, 0.1) is 10.1 Å². The van der Waals surface area contributed by atoms with Gasteiger partial charge in [0, 0.05) is 23.7 Å². The highest BCUT2D eigenvalue weighted by atomic mass is 16.6. The predicted octanol–water partition coefficient (Wildman–Crippen LogP) is 2.52. The summed E-state index contributed by atoms with van der Waals surface area (Å²) in [7, 11) is 0. The lowest BCUT2D eigenvalue weighted by Gasteiger charge is -2.18. The van der Waals surface area contributed by atoms with Crippen LogP contribution < -0.4 is 5.32 Å². The van der Waals surface area contributed by atoms with Gasteiger partial charge in [-0.05, 0) is 32.4 Å². The van der Waals surface area contributed by atoms with E-state index < -0.39 is 4.92 Å². The number of nitrogens with one attached hydrogen (secondary N) is 1. The van der Waals surface area contributed by atoms with Gasteiger partial charge < -0.3 is 5.32 Å². The fraction of sp³-hybridized carbons (Fsp3) is 0.308. The molecule has 0 aliphatic rings. The van der Waals surface area contributed by atoms with Crippen LogP contribution in [0.3, 0.4) is 0 Å². The monoisotopic (exact) mass is 248 g/mol. The third-order valence-electron chi connectivity index (χ3n) is 2.01. The molecule has 1 rings (SSSR count). The van der Waals surface area contributed by atoms with Gasteiger partial charge in [-0.3, -0.25) is 14.9 Å². The van der Waals surface area contributed by atoms with Gasteiger partial charge in [0.15, 0.2) is 0 Å². The fourth-order valence-corrected chi connectivity index (χ4v) is 1.33. The molecule has 0 heterocycles. The third-order valence-corrected chi connectivity index (χ3v) is 2.01. The van der Waals surface area contributed by atoms with Crippen molar-refractivity contribution >= 4 is 17.7 Å². The van der Waals surface area contributed by atoms with Crippen LogP contribution >= 0.6 is 0 Å². The van der Waals surface area contributed by atoms with Crippen LogP contribution in [-0.4, -0.2) is 16.4 Å². The van der Waals surface area contributed by atoms with E-state index >= 15 is 0 Å². The summed E-state index contributed by atoms with van der Waals surface area (Å²) in [6.07, 6.45) is 2.92. The number of hydrogen-bond donors (Lipinski definition) is 1. The second-order valence-electron chi connectivity index (χ2n) is 4.92. The molecule has 0 aliphatic carbocycles. The normalized spacial score (nSPS) is 11.5. The molecule has 0 saturated carbocycles. The summed E-state index contributed by atoms with van der Waals surface area (Å²) >= 11 is 0. The van der Waals surface area contributed by atoms with Gasteiger partial charge >= 0.3 is 0 Å². The molecule has 0 radical (unpaired) electrons. The van der Waals surface area contributed by atoms with Crippen LogP contribution in [-0.2, 0) is 4.79 Å². The largest absolute Gasteiger partial charge is 0.348 e. The fourth-order valence-electron chi connectivity index (χ4n) is 1.33. The van der Waals surface area contributed by atoms with Crippen LogP contribution in [0.5, 0.6) is 0 Å². The second-order valence-corrected chi connectivity index (χ2v) is 4.92. The van der Waals surface area contributed by atoms with E-state index in [9.17, 15) is 14.9 Å². The van der Waals surface area contributed by atoms with E-state index in [1.54, 1.807) is 18.2 Å². The summed E-state index contributed by atoms with van der Waals surface area (Å²) in [4.78, 5) is 21.6. The Morgan fingerprint density at radius 1 is 1.39 bits per heavy atom. The van der Waals surface area contributed by atoms with Gasteiger partial charge in [-0.25, -0.2) is 0 Å². The Hall–Kier alpha value is -2.17. The summed E-state index contributed by atoms with van der Waals surface area (Å²) in [5.74, 6) is -0.228. The number of amides is 1. The van der Waals surface area contributed by atoms with Crippen molar-refractivity contribution in [1.82, 2.24) is 5.32 Å². The molecule has 96 valence electrons. The lowest BCUT2D eigenvalue weighted by Crippen LogP contribution is -2.39. The smallest absolute Gasteiger partial charge is 0.270 e. The van der Waals surface area contributed by atoms with Gasteiger partial charge in [0.1, 0.15) is 0 Å². The number of non-ortho nitro benzene ring substituents is 1. The van der Waals surface area contributed by atoms with E-state index in [1.807, 2.05) is 20.8 Å². The molecule has 5 heteroatoms. The number of nitro groups is 1. The Labute approximate surface area is 106 Å². The first-order valence-electron chi connectivity index (χ1n) is 5.52. The summed E-state index contributed by atoms with van der Waals surface area (Å²) in [5.41, 5.74) is 0.325. The van der Waals surface area contributed by atoms with Crippen molar-refractivity contribution in [3.63, 3.8) is 0 Å². The minimum Gasteiger partial charge on any atom is -0.348 e. The number of nitrogens with zero attached hydrogens (tertiary/aromatic N) is 1. The van der Waals surface area contributed by atoms with Crippen LogP contribution in [0.4, 0.5) is 5.69 Å². The molecule has 0 fully saturated rings. The van der Waals surface area contributed by atoms with E-state index in [0.717, 1.165) is 0 Å². The van der Waals surface area contributed by atoms with Crippen molar-refractivity contribution in [3.05, 3.63) is 46.0 Å². The van der Waals surface area contributed by atoms with E-state index in [-0.39, 0.29) is 17.1 Å². The average Bonchev–Trinajstić information content (AvgIpc) is 2.24. The zero-order valence-corrected chi connectivity index (χ0v) is 10.6. The van der Waals surface area contributed by atoms with Crippen molar-refractivity contribution in [2.45, 2.75) is 26.3 Å². The molecule has 1 amide bonds. The molecule has 18 heavy (non-hydrogen) atoms. The average molecular weight is 248 g/mol. The van der Waals surface area contributed by atoms with E-state index in [1.165, 1.54) is 18.2 Å². The van der Waals surface area contributed by atoms with E-state index in [2.05, 4.69) is 5.32 Å². The highest BCUT2D eigenvalue weighted by molar-refractivity contribution is 5.92. The number of nitro benzene ring substituents is 1. The van der Waals surface area contributed by atoms with Gasteiger partial charge in [-0.15, -0.1) is 0 Å². The number of carbonyl (C=O) groups is 1. The van der Waals surface area contributed by atoms with Crippen LogP contribution in [0.15, 0.2) is 30.3 Å². The minimum atomic E-state index is -0.466. The number of rotatable bonds is 3. The first-order chi connectivity index (χ1) is 8.28. The Morgan fingerprint density at radius 2 is 2.06 bits per heavy atom. The SMILES string of the molecule is CC(C)(C)NC(=O)/C=C\c1cccc([N+](=O)[O-])c1. The molecule has 1 aromatic rings. The first kappa shape index (κ1) is 13.9. The van der Waals surface area contributed by atoms with Crippen molar-refractivity contribution in [1.29, 1.82) is 0 Å². The zero-order valence-electron chi connectivity index (χ0n) is 10.6. The van der Waals surface area contributed by atoms with Crippen LogP contribution in [0.2, 0.25) is 0 Å².